The summed E-state index contributed by atoms with van der Waals surface area (Å²) in [6, 6.07) is 10.9. The lowest BCUT2D eigenvalue weighted by molar-refractivity contribution is 0.0954. The van der Waals surface area contributed by atoms with Gasteiger partial charge in [-0.25, -0.2) is 0 Å². The number of benzene rings is 2. The van der Waals surface area contributed by atoms with Crippen molar-refractivity contribution in [1.29, 1.82) is 0 Å². The van der Waals surface area contributed by atoms with Crippen LogP contribution in [0.3, 0.4) is 0 Å². The van der Waals surface area contributed by atoms with Gasteiger partial charge in [-0.05, 0) is 42.3 Å². The minimum Gasteiger partial charge on any atom is -0.493 e. The molecule has 5 nitrogen and oxygen atoms in total. The molecule has 0 fully saturated rings. The van der Waals surface area contributed by atoms with E-state index in [1.807, 2.05) is 18.2 Å². The van der Waals surface area contributed by atoms with Gasteiger partial charge in [0.2, 0.25) is 0 Å². The minimum atomic E-state index is -0.266. The van der Waals surface area contributed by atoms with Gasteiger partial charge in [0.25, 0.3) is 0 Å². The third-order valence-electron chi connectivity index (χ3n) is 4.37. The first kappa shape index (κ1) is 19.6. The van der Waals surface area contributed by atoms with E-state index in [9.17, 15) is 4.79 Å². The van der Waals surface area contributed by atoms with Crippen LogP contribution in [0.15, 0.2) is 36.4 Å². The first-order valence-corrected chi connectivity index (χ1v) is 8.57. The number of hydrogen-bond acceptors (Lipinski definition) is 5. The lowest BCUT2D eigenvalue weighted by atomic mass is 9.87. The molecule has 1 unspecified atom stereocenters. The van der Waals surface area contributed by atoms with E-state index in [0.29, 0.717) is 28.6 Å². The Morgan fingerprint density at radius 2 is 1.35 bits per heavy atom. The Hall–Kier alpha value is -2.69. The molecule has 2 aromatic rings. The Bertz CT molecular complexity index is 754. The van der Waals surface area contributed by atoms with Crippen LogP contribution in [0.25, 0.3) is 0 Å². The lowest BCUT2D eigenvalue weighted by Gasteiger charge is -2.18. The summed E-state index contributed by atoms with van der Waals surface area (Å²) in [5.74, 6) is 2.18. The number of hydrogen-bond donors (Lipinski definition) is 0. The Morgan fingerprint density at radius 1 is 0.808 bits per heavy atom. The van der Waals surface area contributed by atoms with Gasteiger partial charge < -0.3 is 18.9 Å². The Labute approximate surface area is 154 Å². The van der Waals surface area contributed by atoms with Crippen molar-refractivity contribution in [3.05, 3.63) is 47.5 Å². The summed E-state index contributed by atoms with van der Waals surface area (Å²) in [4.78, 5) is 13.2. The Morgan fingerprint density at radius 3 is 1.88 bits per heavy atom. The van der Waals surface area contributed by atoms with E-state index in [-0.39, 0.29) is 11.7 Å². The number of carbonyl (C=O) groups excluding carboxylic acids is 1. The zero-order valence-corrected chi connectivity index (χ0v) is 16.0. The van der Waals surface area contributed by atoms with Crippen LogP contribution in [-0.4, -0.2) is 34.2 Å². The van der Waals surface area contributed by atoms with Crippen molar-refractivity contribution in [3.8, 4) is 23.0 Å². The monoisotopic (exact) mass is 358 g/mol. The van der Waals surface area contributed by atoms with Crippen LogP contribution in [0.5, 0.6) is 23.0 Å². The highest BCUT2D eigenvalue weighted by Crippen LogP contribution is 2.35. The average molecular weight is 358 g/mol. The third-order valence-corrected chi connectivity index (χ3v) is 4.37. The summed E-state index contributed by atoms with van der Waals surface area (Å²) in [5.41, 5.74) is 1.50. The molecule has 0 aliphatic rings. The predicted octanol–water partition coefficient (Wildman–Crippen LogP) is 4.49. The second kappa shape index (κ2) is 9.13. The number of ether oxygens (including phenoxy) is 4. The fraction of sp³-hybridized carbons (Fsp3) is 0.381. The van der Waals surface area contributed by atoms with Gasteiger partial charge in [-0.1, -0.05) is 19.4 Å². The summed E-state index contributed by atoms with van der Waals surface area (Å²) in [6.07, 6.45) is 1.63. The molecular formula is C21H26O5. The summed E-state index contributed by atoms with van der Waals surface area (Å²) < 4.78 is 21.3. The molecule has 0 aliphatic heterocycles. The predicted molar refractivity (Wildman–Crippen MR) is 101 cm³/mol. The van der Waals surface area contributed by atoms with E-state index < -0.39 is 0 Å². The second-order valence-electron chi connectivity index (χ2n) is 5.89. The number of Topliss-reactive ketones (excluding diaryl/α,β-unsaturated/α-hetero) is 1. The molecule has 140 valence electrons. The molecule has 0 amide bonds. The van der Waals surface area contributed by atoms with Crippen molar-refractivity contribution in [2.45, 2.75) is 25.7 Å². The fourth-order valence-electron chi connectivity index (χ4n) is 3.00. The quantitative estimate of drug-likeness (QED) is 0.618. The standard InChI is InChI=1S/C21H26O5/c1-6-7-16(14-8-10-17(23-2)19(12-14)25-4)21(22)15-9-11-18(24-3)20(13-15)26-5/h8-13,16H,6-7H2,1-5H3. The smallest absolute Gasteiger partial charge is 0.170 e. The maximum absolute atomic E-state index is 13.2. The molecule has 0 spiro atoms. The normalized spacial score (nSPS) is 11.6. The van der Waals surface area contributed by atoms with Gasteiger partial charge in [0.05, 0.1) is 28.4 Å². The van der Waals surface area contributed by atoms with Crippen LogP contribution in [0.4, 0.5) is 0 Å². The number of rotatable bonds is 9. The summed E-state index contributed by atoms with van der Waals surface area (Å²) in [5, 5.41) is 0. The zero-order valence-electron chi connectivity index (χ0n) is 16.0. The van der Waals surface area contributed by atoms with Crippen LogP contribution >= 0.6 is 0 Å². The van der Waals surface area contributed by atoms with E-state index >= 15 is 0 Å². The average Bonchev–Trinajstić information content (AvgIpc) is 2.70. The highest BCUT2D eigenvalue weighted by Gasteiger charge is 2.23. The van der Waals surface area contributed by atoms with Crippen LogP contribution < -0.4 is 18.9 Å². The summed E-state index contributed by atoms with van der Waals surface area (Å²) in [7, 11) is 6.31. The Kier molecular flexibility index (Phi) is 6.89. The fourth-order valence-corrected chi connectivity index (χ4v) is 3.00. The molecule has 26 heavy (non-hydrogen) atoms. The highest BCUT2D eigenvalue weighted by molar-refractivity contribution is 6.01. The molecule has 5 heteroatoms. The molecule has 0 heterocycles. The maximum atomic E-state index is 13.2. The number of carbonyl (C=O) groups is 1. The van der Waals surface area contributed by atoms with Gasteiger partial charge in [-0.3, -0.25) is 4.79 Å². The number of ketones is 1. The van der Waals surface area contributed by atoms with Gasteiger partial charge in [-0.15, -0.1) is 0 Å². The molecule has 2 aromatic carbocycles. The summed E-state index contributed by atoms with van der Waals surface area (Å²) in [6.45, 7) is 2.07. The molecule has 2 rings (SSSR count). The van der Waals surface area contributed by atoms with Crippen molar-refractivity contribution >= 4 is 5.78 Å². The van der Waals surface area contributed by atoms with Crippen LogP contribution in [-0.2, 0) is 0 Å². The van der Waals surface area contributed by atoms with E-state index in [4.69, 9.17) is 18.9 Å². The number of methoxy groups -OCH3 is 4. The van der Waals surface area contributed by atoms with E-state index in [1.165, 1.54) is 0 Å². The van der Waals surface area contributed by atoms with Crippen LogP contribution in [0.1, 0.15) is 41.6 Å². The Balaban J connectivity index is 2.42. The van der Waals surface area contributed by atoms with Crippen molar-refractivity contribution in [2.24, 2.45) is 0 Å². The SMILES string of the molecule is CCCC(C(=O)c1ccc(OC)c(OC)c1)c1ccc(OC)c(OC)c1. The van der Waals surface area contributed by atoms with Crippen molar-refractivity contribution in [1.82, 2.24) is 0 Å². The minimum absolute atomic E-state index is 0.0417. The molecule has 1 atom stereocenters. The van der Waals surface area contributed by atoms with Crippen LogP contribution in [0.2, 0.25) is 0 Å². The topological polar surface area (TPSA) is 54.0 Å². The van der Waals surface area contributed by atoms with Crippen LogP contribution in [0, 0.1) is 0 Å². The molecular weight excluding hydrogens is 332 g/mol. The van der Waals surface area contributed by atoms with Gasteiger partial charge in [0.15, 0.2) is 28.8 Å². The lowest BCUT2D eigenvalue weighted by Crippen LogP contribution is -2.13. The van der Waals surface area contributed by atoms with Gasteiger partial charge in [-0.2, -0.15) is 0 Å². The first-order valence-electron chi connectivity index (χ1n) is 8.57. The largest absolute Gasteiger partial charge is 0.493 e. The van der Waals surface area contributed by atoms with E-state index in [2.05, 4.69) is 6.92 Å². The molecule has 0 aliphatic carbocycles. The van der Waals surface area contributed by atoms with Crippen molar-refractivity contribution in [2.75, 3.05) is 28.4 Å². The maximum Gasteiger partial charge on any atom is 0.170 e. The molecule has 0 aromatic heterocycles. The summed E-state index contributed by atoms with van der Waals surface area (Å²) >= 11 is 0. The second-order valence-corrected chi connectivity index (χ2v) is 5.89. The molecule has 0 bridgehead atoms. The highest BCUT2D eigenvalue weighted by atomic mass is 16.5. The zero-order chi connectivity index (χ0) is 19.1. The molecule has 0 N–H and O–H groups in total. The van der Waals surface area contributed by atoms with Crippen molar-refractivity contribution in [3.63, 3.8) is 0 Å². The van der Waals surface area contributed by atoms with Gasteiger partial charge in [0.1, 0.15) is 0 Å². The van der Waals surface area contributed by atoms with Gasteiger partial charge in [0, 0.05) is 11.5 Å². The molecule has 0 radical (unpaired) electrons. The molecule has 0 saturated carbocycles. The first-order chi connectivity index (χ1) is 12.6. The van der Waals surface area contributed by atoms with E-state index in [0.717, 1.165) is 18.4 Å². The third kappa shape index (κ3) is 4.10. The van der Waals surface area contributed by atoms with Gasteiger partial charge >= 0.3 is 0 Å². The van der Waals surface area contributed by atoms with E-state index in [1.54, 1.807) is 46.6 Å². The molecule has 0 saturated heterocycles. The van der Waals surface area contributed by atoms with Crippen molar-refractivity contribution < 1.29 is 23.7 Å².